The van der Waals surface area contributed by atoms with E-state index in [-0.39, 0.29) is 29.2 Å². The number of hydrogen-bond donors (Lipinski definition) is 5. The second kappa shape index (κ2) is 11.9. The van der Waals surface area contributed by atoms with Crippen molar-refractivity contribution < 1.29 is 33.8 Å². The van der Waals surface area contributed by atoms with E-state index in [1.54, 1.807) is 54.6 Å². The SMILES string of the molecule is CC(=O)OCC1=C(C(=O)O)N2C(=O)[C@@H](NC(=O)C(NC(=O)c3cn(-c4ccc(N)cc4)[nH]c3=O)c3ccccc3)[C@@H]2SC1. The quantitative estimate of drug-likeness (QED) is 0.130. The van der Waals surface area contributed by atoms with Gasteiger partial charge in [-0.1, -0.05) is 30.3 Å². The number of carboxylic acid groups (broad SMARTS) is 1. The average molecular weight is 607 g/mol. The van der Waals surface area contributed by atoms with Crippen molar-refractivity contribution in [2.75, 3.05) is 18.1 Å². The molecule has 222 valence electrons. The Labute approximate surface area is 247 Å². The molecule has 0 radical (unpaired) electrons. The second-order valence-corrected chi connectivity index (χ2v) is 10.8. The summed E-state index contributed by atoms with van der Waals surface area (Å²) in [6, 6.07) is 12.4. The lowest BCUT2D eigenvalue weighted by atomic mass is 10.0. The predicted molar refractivity (Wildman–Crippen MR) is 154 cm³/mol. The zero-order chi connectivity index (χ0) is 30.8. The smallest absolute Gasteiger partial charge is 0.352 e. The van der Waals surface area contributed by atoms with E-state index in [9.17, 15) is 33.9 Å². The van der Waals surface area contributed by atoms with Crippen LogP contribution in [-0.4, -0.2) is 73.2 Å². The Balaban J connectivity index is 1.35. The number of carbonyl (C=O) groups excluding carboxylic acids is 4. The molecule has 3 atom stereocenters. The number of nitrogens with one attached hydrogen (secondary N) is 3. The number of aliphatic carboxylic acids is 1. The highest BCUT2D eigenvalue weighted by Gasteiger charge is 2.54. The number of nitrogens with zero attached hydrogens (tertiary/aromatic N) is 2. The van der Waals surface area contributed by atoms with Crippen LogP contribution in [0, 0.1) is 0 Å². The van der Waals surface area contributed by atoms with Gasteiger partial charge in [-0.2, -0.15) is 0 Å². The van der Waals surface area contributed by atoms with Gasteiger partial charge >= 0.3 is 11.9 Å². The third-order valence-electron chi connectivity index (χ3n) is 6.81. The number of aromatic amines is 1. The van der Waals surface area contributed by atoms with E-state index in [2.05, 4.69) is 15.7 Å². The lowest BCUT2D eigenvalue weighted by Crippen LogP contribution is -2.71. The molecule has 15 heteroatoms. The van der Waals surface area contributed by atoms with Gasteiger partial charge in [0.2, 0.25) is 5.91 Å². The molecule has 3 aromatic rings. The molecule has 1 saturated heterocycles. The van der Waals surface area contributed by atoms with Gasteiger partial charge in [0.1, 0.15) is 35.3 Å². The number of nitrogen functional groups attached to an aromatic ring is 1. The molecule has 0 bridgehead atoms. The summed E-state index contributed by atoms with van der Waals surface area (Å²) in [5.74, 6) is -4.04. The van der Waals surface area contributed by atoms with Crippen LogP contribution in [0.1, 0.15) is 28.9 Å². The standard InChI is InChI=1S/C28H26N6O8S/c1-14(35)42-12-16-13-43-27-21(26(39)34(27)22(16)28(40)41)31-25(38)20(15-5-3-2-4-6-15)30-23(36)19-11-33(32-24(19)37)18-9-7-17(29)8-10-18/h2-11,20-21,27H,12-13,29H2,1H3,(H,30,36)(H,31,38)(H,32,37)(H,40,41)/t20?,21-,27+/m1/s1. The first-order valence-electron chi connectivity index (χ1n) is 12.9. The molecule has 5 rings (SSSR count). The lowest BCUT2D eigenvalue weighted by molar-refractivity contribution is -0.151. The highest BCUT2D eigenvalue weighted by molar-refractivity contribution is 8.00. The van der Waals surface area contributed by atoms with Crippen LogP contribution in [-0.2, 0) is 23.9 Å². The van der Waals surface area contributed by atoms with Crippen LogP contribution < -0.4 is 21.9 Å². The summed E-state index contributed by atoms with van der Waals surface area (Å²) >= 11 is 1.20. The number of fused-ring (bicyclic) bond motifs is 1. The zero-order valence-electron chi connectivity index (χ0n) is 22.6. The van der Waals surface area contributed by atoms with Gasteiger partial charge in [-0.25, -0.2) is 4.79 Å². The first kappa shape index (κ1) is 29.2. The predicted octanol–water partition coefficient (Wildman–Crippen LogP) is 0.521. The van der Waals surface area contributed by atoms with Crippen molar-refractivity contribution in [1.29, 1.82) is 0 Å². The number of rotatable bonds is 9. The first-order valence-corrected chi connectivity index (χ1v) is 14.0. The topological polar surface area (TPSA) is 206 Å². The molecule has 0 saturated carbocycles. The van der Waals surface area contributed by atoms with E-state index in [0.29, 0.717) is 16.9 Å². The fourth-order valence-electron chi connectivity index (χ4n) is 4.70. The van der Waals surface area contributed by atoms with Crippen molar-refractivity contribution in [2.24, 2.45) is 0 Å². The molecular formula is C28H26N6O8S. The average Bonchev–Trinajstić information content (AvgIpc) is 3.38. The number of β-lactam (4-membered cyclic amide) rings is 1. The van der Waals surface area contributed by atoms with E-state index in [1.165, 1.54) is 29.6 Å². The number of nitrogens with two attached hydrogens (primary N) is 1. The van der Waals surface area contributed by atoms with Crippen LogP contribution in [0.3, 0.4) is 0 Å². The Kier molecular flexibility index (Phi) is 8.07. The van der Waals surface area contributed by atoms with E-state index in [4.69, 9.17) is 10.5 Å². The van der Waals surface area contributed by atoms with Crippen molar-refractivity contribution in [2.45, 2.75) is 24.4 Å². The Bertz CT molecular complexity index is 1700. The molecule has 2 aliphatic heterocycles. The van der Waals surface area contributed by atoms with Crippen LogP contribution in [0.15, 0.2) is 76.9 Å². The molecule has 1 fully saturated rings. The van der Waals surface area contributed by atoms with Crippen molar-refractivity contribution >= 4 is 47.1 Å². The van der Waals surface area contributed by atoms with Crippen molar-refractivity contribution in [3.05, 3.63) is 93.5 Å². The number of aromatic nitrogens is 2. The van der Waals surface area contributed by atoms with Crippen LogP contribution in [0.4, 0.5) is 5.69 Å². The number of hydrogen-bond acceptors (Lipinski definition) is 9. The molecule has 1 unspecified atom stereocenters. The summed E-state index contributed by atoms with van der Waals surface area (Å²) in [7, 11) is 0. The van der Waals surface area contributed by atoms with Gasteiger partial charge in [0.25, 0.3) is 17.4 Å². The highest BCUT2D eigenvalue weighted by Crippen LogP contribution is 2.40. The monoisotopic (exact) mass is 606 g/mol. The summed E-state index contributed by atoms with van der Waals surface area (Å²) in [5.41, 5.74) is 6.19. The molecule has 0 aliphatic carbocycles. The van der Waals surface area contributed by atoms with Crippen molar-refractivity contribution in [1.82, 2.24) is 25.3 Å². The minimum atomic E-state index is -1.36. The molecule has 43 heavy (non-hydrogen) atoms. The van der Waals surface area contributed by atoms with Gasteiger partial charge in [0, 0.05) is 30.1 Å². The second-order valence-electron chi connectivity index (χ2n) is 9.70. The molecule has 2 aromatic carbocycles. The number of ether oxygens (including phenoxy) is 1. The number of amides is 3. The molecule has 0 spiro atoms. The molecule has 3 amide bonds. The fourth-order valence-corrected chi connectivity index (χ4v) is 6.03. The summed E-state index contributed by atoms with van der Waals surface area (Å²) < 4.78 is 6.28. The summed E-state index contributed by atoms with van der Waals surface area (Å²) in [6.07, 6.45) is 1.29. The van der Waals surface area contributed by atoms with Gasteiger partial charge in [-0.15, -0.1) is 11.8 Å². The normalized spacial score (nSPS) is 18.3. The van der Waals surface area contributed by atoms with Gasteiger partial charge in [-0.3, -0.25) is 38.7 Å². The maximum absolute atomic E-state index is 13.5. The molecule has 6 N–H and O–H groups in total. The van der Waals surface area contributed by atoms with Gasteiger partial charge in [0.15, 0.2) is 0 Å². The number of benzene rings is 2. The minimum Gasteiger partial charge on any atom is -0.477 e. The third-order valence-corrected chi connectivity index (χ3v) is 8.15. The van der Waals surface area contributed by atoms with Crippen LogP contribution in [0.5, 0.6) is 0 Å². The minimum absolute atomic E-state index is 0.155. The summed E-state index contributed by atoms with van der Waals surface area (Å²) in [6.45, 7) is 0.909. The van der Waals surface area contributed by atoms with Crippen LogP contribution in [0.2, 0.25) is 0 Å². The summed E-state index contributed by atoms with van der Waals surface area (Å²) in [5, 5.41) is 16.8. The first-order chi connectivity index (χ1) is 20.5. The Morgan fingerprint density at radius 1 is 1.12 bits per heavy atom. The van der Waals surface area contributed by atoms with Gasteiger partial charge < -0.3 is 26.2 Å². The number of carboxylic acids is 1. The molecule has 14 nitrogen and oxygen atoms in total. The van der Waals surface area contributed by atoms with E-state index in [0.717, 1.165) is 4.90 Å². The largest absolute Gasteiger partial charge is 0.477 e. The maximum Gasteiger partial charge on any atom is 0.352 e. The number of anilines is 1. The van der Waals surface area contributed by atoms with Gasteiger partial charge in [0.05, 0.1) is 5.69 Å². The Hall–Kier alpha value is -5.31. The Morgan fingerprint density at radius 2 is 1.81 bits per heavy atom. The third kappa shape index (κ3) is 5.88. The van der Waals surface area contributed by atoms with E-state index < -0.39 is 52.7 Å². The fraction of sp³-hybridized carbons (Fsp3) is 0.214. The van der Waals surface area contributed by atoms with Crippen LogP contribution in [0.25, 0.3) is 5.69 Å². The number of carbonyl (C=O) groups is 5. The molecule has 1 aromatic heterocycles. The van der Waals surface area contributed by atoms with E-state index >= 15 is 0 Å². The number of esters is 1. The lowest BCUT2D eigenvalue weighted by Gasteiger charge is -2.49. The van der Waals surface area contributed by atoms with Crippen molar-refractivity contribution in [3.63, 3.8) is 0 Å². The highest BCUT2D eigenvalue weighted by atomic mass is 32.2. The number of H-pyrrole nitrogens is 1. The van der Waals surface area contributed by atoms with Gasteiger partial charge in [-0.05, 0) is 29.8 Å². The molecule has 3 heterocycles. The number of thioether (sulfide) groups is 1. The summed E-state index contributed by atoms with van der Waals surface area (Å²) in [4.78, 5) is 76.8. The molecule has 2 aliphatic rings. The Morgan fingerprint density at radius 3 is 2.47 bits per heavy atom. The van der Waals surface area contributed by atoms with Crippen LogP contribution >= 0.6 is 11.8 Å². The van der Waals surface area contributed by atoms with E-state index in [1.807, 2.05) is 0 Å². The van der Waals surface area contributed by atoms with Crippen molar-refractivity contribution in [3.8, 4) is 5.69 Å². The maximum atomic E-state index is 13.5. The zero-order valence-corrected chi connectivity index (χ0v) is 23.4. The molecular weight excluding hydrogens is 580 g/mol.